The van der Waals surface area contributed by atoms with Crippen LogP contribution >= 0.6 is 0 Å². The molecule has 2 rings (SSSR count). The Balaban J connectivity index is 2.13. The molecule has 110 valence electrons. The summed E-state index contributed by atoms with van der Waals surface area (Å²) in [7, 11) is 0. The Bertz CT molecular complexity index is 284. The second-order valence-electron chi connectivity index (χ2n) is 5.84. The van der Waals surface area contributed by atoms with Crippen molar-refractivity contribution in [3.8, 4) is 0 Å². The molecule has 0 heterocycles. The molecular formula is C14H23F3N2. The van der Waals surface area contributed by atoms with Crippen LogP contribution in [0.2, 0.25) is 0 Å². The fourth-order valence-electron chi connectivity index (χ4n) is 3.53. The van der Waals surface area contributed by atoms with E-state index in [0.29, 0.717) is 0 Å². The molecule has 0 radical (unpaired) electrons. The Morgan fingerprint density at radius 2 is 1.16 bits per heavy atom. The predicted molar refractivity (Wildman–Crippen MR) is 69.4 cm³/mol. The number of alkyl halides is 3. The van der Waals surface area contributed by atoms with Gasteiger partial charge in [0.15, 0.2) is 0 Å². The molecule has 2 fully saturated rings. The van der Waals surface area contributed by atoms with Gasteiger partial charge in [-0.2, -0.15) is 13.2 Å². The minimum Gasteiger partial charge on any atom is -0.347 e. The number of nitrogens with zero attached hydrogens (tertiary/aromatic N) is 1. The third-order valence-electron chi connectivity index (χ3n) is 4.46. The van der Waals surface area contributed by atoms with Crippen molar-refractivity contribution in [2.24, 2.45) is 0 Å². The minimum atomic E-state index is -4.51. The van der Waals surface area contributed by atoms with E-state index in [4.69, 9.17) is 5.41 Å². The van der Waals surface area contributed by atoms with Crippen molar-refractivity contribution in [1.82, 2.24) is 4.90 Å². The average molecular weight is 276 g/mol. The number of halogens is 3. The lowest BCUT2D eigenvalue weighted by Crippen LogP contribution is -2.53. The molecule has 2 aliphatic rings. The number of nitrogens with one attached hydrogen (secondary N) is 1. The second kappa shape index (κ2) is 6.14. The molecule has 19 heavy (non-hydrogen) atoms. The molecule has 2 aliphatic carbocycles. The lowest BCUT2D eigenvalue weighted by molar-refractivity contribution is -0.0762. The average Bonchev–Trinajstić information content (AvgIpc) is 2.40. The molecule has 1 N–H and O–H groups in total. The Morgan fingerprint density at radius 1 is 0.789 bits per heavy atom. The van der Waals surface area contributed by atoms with Gasteiger partial charge in [-0.1, -0.05) is 38.5 Å². The second-order valence-corrected chi connectivity index (χ2v) is 5.84. The van der Waals surface area contributed by atoms with Crippen molar-refractivity contribution in [3.63, 3.8) is 0 Å². The molecule has 5 heteroatoms. The van der Waals surface area contributed by atoms with Crippen LogP contribution in [0.25, 0.3) is 0 Å². The van der Waals surface area contributed by atoms with Crippen molar-refractivity contribution in [3.05, 3.63) is 0 Å². The Hall–Kier alpha value is -0.740. The lowest BCUT2D eigenvalue weighted by atomic mass is 9.88. The van der Waals surface area contributed by atoms with Crippen LogP contribution in [0.4, 0.5) is 13.2 Å². The van der Waals surface area contributed by atoms with Crippen LogP contribution in [0, 0.1) is 5.41 Å². The molecule has 0 aromatic carbocycles. The van der Waals surface area contributed by atoms with Crippen LogP contribution in [-0.4, -0.2) is 29.0 Å². The first-order valence-electron chi connectivity index (χ1n) is 7.44. The predicted octanol–water partition coefficient (Wildman–Crippen LogP) is 4.49. The van der Waals surface area contributed by atoms with Gasteiger partial charge in [-0.05, 0) is 25.7 Å². The van der Waals surface area contributed by atoms with Gasteiger partial charge in [0.1, 0.15) is 0 Å². The highest BCUT2D eigenvalue weighted by Gasteiger charge is 2.43. The van der Waals surface area contributed by atoms with Crippen LogP contribution in [-0.2, 0) is 0 Å². The molecule has 2 saturated carbocycles. The summed E-state index contributed by atoms with van der Waals surface area (Å²) in [6.45, 7) is 0. The van der Waals surface area contributed by atoms with E-state index in [1.165, 1.54) is 4.90 Å². The maximum Gasteiger partial charge on any atom is 0.448 e. The van der Waals surface area contributed by atoms with Crippen LogP contribution in [0.5, 0.6) is 0 Å². The first-order valence-corrected chi connectivity index (χ1v) is 7.44. The molecular weight excluding hydrogens is 253 g/mol. The number of hydrogen-bond acceptors (Lipinski definition) is 1. The summed E-state index contributed by atoms with van der Waals surface area (Å²) in [6.07, 6.45) is 4.99. The Kier molecular flexibility index (Phi) is 4.74. The van der Waals surface area contributed by atoms with E-state index in [1.807, 2.05) is 0 Å². The van der Waals surface area contributed by atoms with Crippen molar-refractivity contribution in [2.75, 3.05) is 0 Å². The summed E-state index contributed by atoms with van der Waals surface area (Å²) in [5.74, 6) is -1.11. The van der Waals surface area contributed by atoms with Gasteiger partial charge in [-0.15, -0.1) is 0 Å². The summed E-state index contributed by atoms with van der Waals surface area (Å²) in [5, 5.41) is 7.57. The maximum atomic E-state index is 12.9. The van der Waals surface area contributed by atoms with E-state index in [1.54, 1.807) is 0 Å². The zero-order valence-corrected chi connectivity index (χ0v) is 11.3. The smallest absolute Gasteiger partial charge is 0.347 e. The highest BCUT2D eigenvalue weighted by molar-refractivity contribution is 5.85. The van der Waals surface area contributed by atoms with Gasteiger partial charge >= 0.3 is 6.18 Å². The van der Waals surface area contributed by atoms with Crippen LogP contribution in [0.1, 0.15) is 64.2 Å². The molecule has 0 saturated heterocycles. The fraction of sp³-hybridized carbons (Fsp3) is 0.929. The van der Waals surface area contributed by atoms with Crippen molar-refractivity contribution in [1.29, 1.82) is 5.41 Å². The summed E-state index contributed by atoms with van der Waals surface area (Å²) in [5.41, 5.74) is 0. The van der Waals surface area contributed by atoms with Crippen LogP contribution < -0.4 is 0 Å². The van der Waals surface area contributed by atoms with Crippen LogP contribution in [0.15, 0.2) is 0 Å². The topological polar surface area (TPSA) is 27.1 Å². The van der Waals surface area contributed by atoms with E-state index in [-0.39, 0.29) is 12.1 Å². The van der Waals surface area contributed by atoms with Crippen molar-refractivity contribution >= 4 is 5.84 Å². The van der Waals surface area contributed by atoms with Crippen LogP contribution in [0.3, 0.4) is 0 Å². The van der Waals surface area contributed by atoms with Gasteiger partial charge in [-0.25, -0.2) is 0 Å². The standard InChI is InChI=1S/C14H23F3N2/c15-14(16,17)13(18)19(11-7-3-1-4-8-11)12-9-5-2-6-10-12/h11-12,18H,1-10H2. The van der Waals surface area contributed by atoms with Crippen molar-refractivity contribution < 1.29 is 13.2 Å². The largest absolute Gasteiger partial charge is 0.448 e. The molecule has 0 aliphatic heterocycles. The zero-order chi connectivity index (χ0) is 13.9. The first kappa shape index (κ1) is 14.7. The minimum absolute atomic E-state index is 0.0639. The molecule has 0 spiro atoms. The first-order chi connectivity index (χ1) is 9.00. The molecule has 0 unspecified atom stereocenters. The summed E-state index contributed by atoms with van der Waals surface area (Å²) >= 11 is 0. The molecule has 2 nitrogen and oxygen atoms in total. The SMILES string of the molecule is N=C(N(C1CCCCC1)C1CCCCC1)C(F)(F)F. The molecule has 0 aromatic heterocycles. The van der Waals surface area contributed by atoms with E-state index in [9.17, 15) is 13.2 Å². The van der Waals surface area contributed by atoms with Gasteiger partial charge in [0.2, 0.25) is 5.84 Å². The lowest BCUT2D eigenvalue weighted by Gasteiger charge is -2.43. The Morgan fingerprint density at radius 3 is 1.47 bits per heavy atom. The molecule has 0 amide bonds. The van der Waals surface area contributed by atoms with E-state index in [2.05, 4.69) is 0 Å². The van der Waals surface area contributed by atoms with Gasteiger partial charge in [0.25, 0.3) is 0 Å². The van der Waals surface area contributed by atoms with E-state index >= 15 is 0 Å². The summed E-state index contributed by atoms with van der Waals surface area (Å²) in [6, 6.07) is -0.128. The highest BCUT2D eigenvalue weighted by atomic mass is 19.4. The van der Waals surface area contributed by atoms with Gasteiger partial charge in [-0.3, -0.25) is 5.41 Å². The van der Waals surface area contributed by atoms with Gasteiger partial charge in [0.05, 0.1) is 0 Å². The zero-order valence-electron chi connectivity index (χ0n) is 11.3. The van der Waals surface area contributed by atoms with E-state index in [0.717, 1.165) is 64.2 Å². The third-order valence-corrected chi connectivity index (χ3v) is 4.46. The Labute approximate surface area is 112 Å². The van der Waals surface area contributed by atoms with Crippen molar-refractivity contribution in [2.45, 2.75) is 82.5 Å². The van der Waals surface area contributed by atoms with Gasteiger partial charge in [0, 0.05) is 12.1 Å². The van der Waals surface area contributed by atoms with E-state index < -0.39 is 12.0 Å². The maximum absolute atomic E-state index is 12.9. The number of amidine groups is 1. The monoisotopic (exact) mass is 276 g/mol. The fourth-order valence-corrected chi connectivity index (χ4v) is 3.53. The summed E-state index contributed by atoms with van der Waals surface area (Å²) < 4.78 is 38.8. The highest BCUT2D eigenvalue weighted by Crippen LogP contribution is 2.33. The summed E-state index contributed by atoms with van der Waals surface area (Å²) in [4.78, 5) is 1.43. The number of rotatable bonds is 2. The molecule has 0 bridgehead atoms. The van der Waals surface area contributed by atoms with Gasteiger partial charge < -0.3 is 4.90 Å². The molecule has 0 atom stereocenters. The quantitative estimate of drug-likeness (QED) is 0.583. The normalized spacial score (nSPS) is 23.3. The number of hydrogen-bond donors (Lipinski definition) is 1. The molecule has 0 aromatic rings. The third kappa shape index (κ3) is 3.63.